The third-order valence-electron chi connectivity index (χ3n) is 3.48. The molecule has 22 heavy (non-hydrogen) atoms. The van der Waals surface area contributed by atoms with Gasteiger partial charge in [0.15, 0.2) is 5.69 Å². The van der Waals surface area contributed by atoms with Crippen molar-refractivity contribution >= 4 is 5.97 Å². The van der Waals surface area contributed by atoms with Gasteiger partial charge in [0.2, 0.25) is 0 Å². The number of benzene rings is 2. The molecule has 1 N–H and O–H groups in total. The Hall–Kier alpha value is -2.88. The van der Waals surface area contributed by atoms with Crippen molar-refractivity contribution < 1.29 is 9.90 Å². The van der Waals surface area contributed by atoms with Crippen molar-refractivity contribution in [3.63, 3.8) is 0 Å². The molecular formula is C18H16N2O2. The van der Waals surface area contributed by atoms with Gasteiger partial charge in [-0.25, -0.2) is 4.79 Å². The molecule has 0 saturated carbocycles. The molecule has 4 heteroatoms. The maximum atomic E-state index is 11.2. The molecule has 2 aromatic carbocycles. The molecule has 0 atom stereocenters. The highest BCUT2D eigenvalue weighted by Crippen LogP contribution is 2.21. The van der Waals surface area contributed by atoms with Gasteiger partial charge in [0.1, 0.15) is 0 Å². The molecule has 0 unspecified atom stereocenters. The number of carboxylic acid groups (broad SMARTS) is 1. The molecule has 1 aromatic heterocycles. The summed E-state index contributed by atoms with van der Waals surface area (Å²) in [7, 11) is 0. The highest BCUT2D eigenvalue weighted by Gasteiger charge is 2.14. The first-order valence-corrected chi connectivity index (χ1v) is 7.05. The quantitative estimate of drug-likeness (QED) is 0.799. The normalized spacial score (nSPS) is 10.6. The molecule has 4 nitrogen and oxygen atoms in total. The largest absolute Gasteiger partial charge is 0.476 e. The summed E-state index contributed by atoms with van der Waals surface area (Å²) < 4.78 is 1.74. The van der Waals surface area contributed by atoms with Gasteiger partial charge in [-0.15, -0.1) is 0 Å². The minimum absolute atomic E-state index is 0.0616. The van der Waals surface area contributed by atoms with Crippen LogP contribution < -0.4 is 0 Å². The fourth-order valence-corrected chi connectivity index (χ4v) is 2.47. The van der Waals surface area contributed by atoms with E-state index in [-0.39, 0.29) is 5.69 Å². The Kier molecular flexibility index (Phi) is 3.74. The van der Waals surface area contributed by atoms with E-state index in [9.17, 15) is 9.90 Å². The molecule has 0 aliphatic carbocycles. The number of hydrogen-bond acceptors (Lipinski definition) is 2. The maximum absolute atomic E-state index is 11.2. The number of nitrogens with zero attached hydrogens (tertiary/aromatic N) is 2. The third-order valence-corrected chi connectivity index (χ3v) is 3.48. The predicted molar refractivity (Wildman–Crippen MR) is 84.9 cm³/mol. The van der Waals surface area contributed by atoms with Gasteiger partial charge in [-0.2, -0.15) is 5.10 Å². The Morgan fingerprint density at radius 2 is 1.86 bits per heavy atom. The van der Waals surface area contributed by atoms with Crippen LogP contribution in [0.15, 0.2) is 60.7 Å². The standard InChI is InChI=1S/C18H16N2O2/c1-13-6-5-7-14(10-13)12-20-17(11-16(19-20)18(21)22)15-8-3-2-4-9-15/h2-11H,12H2,1H3,(H,21,22). The van der Waals surface area contributed by atoms with Crippen molar-refractivity contribution in [3.05, 3.63) is 77.5 Å². The molecule has 0 amide bonds. The van der Waals surface area contributed by atoms with Gasteiger partial charge in [0.25, 0.3) is 0 Å². The first-order valence-electron chi connectivity index (χ1n) is 7.05. The van der Waals surface area contributed by atoms with Gasteiger partial charge in [-0.05, 0) is 24.1 Å². The van der Waals surface area contributed by atoms with Crippen molar-refractivity contribution in [1.29, 1.82) is 0 Å². The van der Waals surface area contributed by atoms with Crippen LogP contribution in [-0.2, 0) is 6.54 Å². The molecule has 0 spiro atoms. The monoisotopic (exact) mass is 292 g/mol. The van der Waals surface area contributed by atoms with E-state index in [0.29, 0.717) is 6.54 Å². The van der Waals surface area contributed by atoms with Crippen LogP contribution in [0, 0.1) is 6.92 Å². The zero-order chi connectivity index (χ0) is 15.5. The molecule has 0 radical (unpaired) electrons. The van der Waals surface area contributed by atoms with Crippen molar-refractivity contribution in [1.82, 2.24) is 9.78 Å². The topological polar surface area (TPSA) is 55.1 Å². The average molecular weight is 292 g/mol. The van der Waals surface area contributed by atoms with Gasteiger partial charge in [0.05, 0.1) is 12.2 Å². The molecular weight excluding hydrogens is 276 g/mol. The summed E-state index contributed by atoms with van der Waals surface area (Å²) in [5.41, 5.74) is 4.09. The lowest BCUT2D eigenvalue weighted by Crippen LogP contribution is -2.06. The highest BCUT2D eigenvalue weighted by molar-refractivity contribution is 5.87. The number of aromatic carboxylic acids is 1. The summed E-state index contributed by atoms with van der Waals surface area (Å²) in [4.78, 5) is 11.2. The minimum Gasteiger partial charge on any atom is -0.476 e. The van der Waals surface area contributed by atoms with Crippen LogP contribution in [0.2, 0.25) is 0 Å². The number of rotatable bonds is 4. The summed E-state index contributed by atoms with van der Waals surface area (Å²) in [6.07, 6.45) is 0. The summed E-state index contributed by atoms with van der Waals surface area (Å²) in [6.45, 7) is 2.58. The zero-order valence-electron chi connectivity index (χ0n) is 12.2. The first-order chi connectivity index (χ1) is 10.6. The van der Waals surface area contributed by atoms with Gasteiger partial charge < -0.3 is 5.11 Å². The summed E-state index contributed by atoms with van der Waals surface area (Å²) in [5, 5.41) is 13.4. The Bertz CT molecular complexity index is 807. The number of aryl methyl sites for hydroxylation is 1. The number of hydrogen-bond donors (Lipinski definition) is 1. The van der Waals surface area contributed by atoms with Gasteiger partial charge in [-0.1, -0.05) is 60.2 Å². The van der Waals surface area contributed by atoms with Gasteiger partial charge in [0, 0.05) is 0 Å². The van der Waals surface area contributed by atoms with Crippen LogP contribution >= 0.6 is 0 Å². The Balaban J connectivity index is 2.04. The lowest BCUT2D eigenvalue weighted by atomic mass is 10.1. The van der Waals surface area contributed by atoms with Crippen LogP contribution in [0.3, 0.4) is 0 Å². The Morgan fingerprint density at radius 3 is 2.55 bits per heavy atom. The van der Waals surface area contributed by atoms with Crippen LogP contribution in [-0.4, -0.2) is 20.9 Å². The molecule has 1 heterocycles. The lowest BCUT2D eigenvalue weighted by molar-refractivity contribution is 0.0689. The van der Waals surface area contributed by atoms with E-state index in [1.165, 1.54) is 5.56 Å². The van der Waals surface area contributed by atoms with E-state index in [2.05, 4.69) is 11.2 Å². The van der Waals surface area contributed by atoms with E-state index in [1.54, 1.807) is 10.7 Å². The number of carbonyl (C=O) groups is 1. The number of aromatic nitrogens is 2. The fourth-order valence-electron chi connectivity index (χ4n) is 2.47. The summed E-state index contributed by atoms with van der Waals surface area (Å²) in [6, 6.07) is 19.4. The van der Waals surface area contributed by atoms with E-state index in [1.807, 2.05) is 55.5 Å². The molecule has 0 aliphatic heterocycles. The fraction of sp³-hybridized carbons (Fsp3) is 0.111. The van der Waals surface area contributed by atoms with Crippen molar-refractivity contribution in [2.24, 2.45) is 0 Å². The molecule has 0 aliphatic rings. The molecule has 0 fully saturated rings. The van der Waals surface area contributed by atoms with Crippen LogP contribution in [0.25, 0.3) is 11.3 Å². The molecule has 3 aromatic rings. The molecule has 3 rings (SSSR count). The minimum atomic E-state index is -1.01. The Morgan fingerprint density at radius 1 is 1.09 bits per heavy atom. The van der Waals surface area contributed by atoms with E-state index < -0.39 is 5.97 Å². The lowest BCUT2D eigenvalue weighted by Gasteiger charge is -2.08. The van der Waals surface area contributed by atoms with Crippen LogP contribution in [0.1, 0.15) is 21.6 Å². The zero-order valence-corrected chi connectivity index (χ0v) is 12.2. The van der Waals surface area contributed by atoms with Gasteiger partial charge in [-0.3, -0.25) is 4.68 Å². The smallest absolute Gasteiger partial charge is 0.356 e. The molecule has 110 valence electrons. The van der Waals surface area contributed by atoms with Crippen molar-refractivity contribution in [2.75, 3.05) is 0 Å². The van der Waals surface area contributed by atoms with Crippen LogP contribution in [0.5, 0.6) is 0 Å². The second kappa shape index (κ2) is 5.85. The maximum Gasteiger partial charge on any atom is 0.356 e. The second-order valence-corrected chi connectivity index (χ2v) is 5.23. The summed E-state index contributed by atoms with van der Waals surface area (Å²) in [5.74, 6) is -1.01. The molecule has 0 bridgehead atoms. The number of carboxylic acids is 1. The average Bonchev–Trinajstić information content (AvgIpc) is 2.92. The predicted octanol–water partition coefficient (Wildman–Crippen LogP) is 3.61. The second-order valence-electron chi connectivity index (χ2n) is 5.23. The van der Waals surface area contributed by atoms with Crippen molar-refractivity contribution in [3.8, 4) is 11.3 Å². The van der Waals surface area contributed by atoms with Crippen molar-refractivity contribution in [2.45, 2.75) is 13.5 Å². The van der Waals surface area contributed by atoms with E-state index in [4.69, 9.17) is 0 Å². The SMILES string of the molecule is Cc1cccc(Cn2nc(C(=O)O)cc2-c2ccccc2)c1. The Labute approximate surface area is 128 Å². The molecule has 0 saturated heterocycles. The highest BCUT2D eigenvalue weighted by atomic mass is 16.4. The van der Waals surface area contributed by atoms with Crippen LogP contribution in [0.4, 0.5) is 0 Å². The van der Waals surface area contributed by atoms with E-state index in [0.717, 1.165) is 16.8 Å². The van der Waals surface area contributed by atoms with E-state index >= 15 is 0 Å². The van der Waals surface area contributed by atoms with Gasteiger partial charge >= 0.3 is 5.97 Å². The summed E-state index contributed by atoms with van der Waals surface area (Å²) >= 11 is 0. The third kappa shape index (κ3) is 2.91. The first kappa shape index (κ1) is 14.1.